The highest BCUT2D eigenvalue weighted by atomic mass is 19.4. The monoisotopic (exact) mass is 1410 g/mol. The van der Waals surface area contributed by atoms with Crippen molar-refractivity contribution in [3.63, 3.8) is 0 Å². The van der Waals surface area contributed by atoms with Crippen LogP contribution in [0, 0.1) is 34.0 Å². The lowest BCUT2D eigenvalue weighted by Gasteiger charge is -2.22. The molecular weight excluding hydrogens is 1380 g/mol. The summed E-state index contributed by atoms with van der Waals surface area (Å²) < 4.78 is 351. The smallest absolute Gasteiger partial charge is 0.308 e. The van der Waals surface area contributed by atoms with Gasteiger partial charge in [-0.15, -0.1) is 0 Å². The molecule has 0 saturated heterocycles. The lowest BCUT2D eigenvalue weighted by Crippen LogP contribution is -2.11. The fraction of sp³-hybridized carbons (Fsp3) is 0.113. The summed E-state index contributed by atoms with van der Waals surface area (Å²) >= 11 is 0. The van der Waals surface area contributed by atoms with Gasteiger partial charge in [0.1, 0.15) is 0 Å². The van der Waals surface area contributed by atoms with Gasteiger partial charge in [0, 0.05) is 27.1 Å². The molecule has 2 aromatic heterocycles. The van der Waals surface area contributed by atoms with Crippen LogP contribution in [0.4, 0.5) is 105 Å². The molecule has 0 saturated carbocycles. The average molecular weight is 1410 g/mol. The van der Waals surface area contributed by atoms with Crippen LogP contribution in [0.1, 0.15) is 61.2 Å². The molecule has 0 spiro atoms. The van der Waals surface area contributed by atoms with Crippen LogP contribution in [0.25, 0.3) is 111 Å². The molecule has 0 fully saturated rings. The Morgan fingerprint density at radius 1 is 0.210 bits per heavy atom. The van der Waals surface area contributed by atoms with E-state index in [9.17, 15) is 121 Å². The van der Waals surface area contributed by atoms with Crippen LogP contribution in [0.5, 0.6) is 0 Å². The molecule has 0 amide bonds. The van der Waals surface area contributed by atoms with Crippen molar-refractivity contribution in [3.05, 3.63) is 237 Å². The van der Waals surface area contributed by atoms with Crippen LogP contribution in [-0.2, 0) is 49.4 Å². The number of nitriles is 3. The van der Waals surface area contributed by atoms with Gasteiger partial charge in [-0.2, -0.15) is 121 Å². The van der Waals surface area contributed by atoms with Gasteiger partial charge in [-0.05, 0) is 177 Å². The summed E-state index contributed by atoms with van der Waals surface area (Å²) in [5, 5.41) is 31.9. The van der Waals surface area contributed by atoms with E-state index in [2.05, 4.69) is 0 Å². The second kappa shape index (κ2) is 23.4. The summed E-state index contributed by atoms with van der Waals surface area (Å²) in [5.74, 6) is 0. The topological polar surface area (TPSA) is 81.2 Å². The molecule has 29 heteroatoms. The third-order valence-electron chi connectivity index (χ3n) is 16.4. The van der Waals surface area contributed by atoms with E-state index in [1.165, 1.54) is 0 Å². The molecule has 0 aliphatic rings. The molecule has 506 valence electrons. The zero-order valence-electron chi connectivity index (χ0n) is 49.1. The van der Waals surface area contributed by atoms with Gasteiger partial charge in [-0.25, -0.2) is 0 Å². The Morgan fingerprint density at radius 3 is 0.600 bits per heavy atom. The van der Waals surface area contributed by atoms with E-state index in [1.807, 2.05) is 18.2 Å². The number of alkyl halides is 24. The lowest BCUT2D eigenvalue weighted by atomic mass is 9.94. The average Bonchev–Trinajstić information content (AvgIpc) is 1.55. The predicted octanol–water partition coefficient (Wildman–Crippen LogP) is 24.0. The zero-order valence-corrected chi connectivity index (χ0v) is 49.1. The molecule has 0 N–H and O–H groups in total. The Morgan fingerprint density at radius 2 is 0.410 bits per heavy atom. The van der Waals surface area contributed by atoms with E-state index in [1.54, 1.807) is 0 Å². The number of halogens is 24. The standard InChI is InChI=1S/C71H29F24N5/c72-64(73,74)45-14-40(15-46(26-45)65(75,76)77)36-1-5-53-54-6-2-37(41-16-47(66(78,79)80)27-48(17-41)67(81,82)83)23-58(54)99(57(53)22-36)61-12-35(32-98)13-62(63(61)44-10-33(30-96)9-34(11-44)31-97)100-59-24-38(42-18-49(68(84,85)86)28-50(19-42)69(87,88)89)3-7-55(59)56-8-4-39(25-60(56)100)43-20-51(70(90,91)92)29-52(21-43)71(93,94)95/h1-29H. The first-order valence-electron chi connectivity index (χ1n) is 28.3. The Labute approximate surface area is 544 Å². The van der Waals surface area contributed by atoms with Crippen LogP contribution in [0.2, 0.25) is 0 Å². The maximum absolute atomic E-state index is 14.5. The first kappa shape index (κ1) is 68.5. The van der Waals surface area contributed by atoms with Crippen LogP contribution in [0.3, 0.4) is 0 Å². The molecule has 12 aromatic rings. The SMILES string of the molecule is N#Cc1cc(C#N)cc(-c2c(-n3c4cc(-c5cc(C(F)(F)F)cc(C(F)(F)F)c5)ccc4c4ccc(-c5cc(C(F)(F)F)cc(C(F)(F)F)c5)cc43)cc(C#N)cc2-n2c3cc(-c4cc(C(F)(F)F)cc(C(F)(F)F)c4)ccc3c3ccc(-c4cc(C(F)(F)F)cc(C(F)(F)F)c4)cc32)c1. The third-order valence-corrected chi connectivity index (χ3v) is 16.4. The van der Waals surface area contributed by atoms with Crippen molar-refractivity contribution in [2.75, 3.05) is 0 Å². The molecule has 5 nitrogen and oxygen atoms in total. The minimum atomic E-state index is -5.45. The summed E-state index contributed by atoms with van der Waals surface area (Å²) in [6, 6.07) is 25.4. The van der Waals surface area contributed by atoms with E-state index in [0.717, 1.165) is 112 Å². The fourth-order valence-corrected chi connectivity index (χ4v) is 12.0. The molecule has 100 heavy (non-hydrogen) atoms. The van der Waals surface area contributed by atoms with Crippen molar-refractivity contribution in [3.8, 4) is 85.2 Å². The summed E-state index contributed by atoms with van der Waals surface area (Å²) in [7, 11) is 0. The zero-order chi connectivity index (χ0) is 72.7. The van der Waals surface area contributed by atoms with Crippen molar-refractivity contribution < 1.29 is 105 Å². The highest BCUT2D eigenvalue weighted by Gasteiger charge is 2.42. The van der Waals surface area contributed by atoms with Gasteiger partial charge in [-0.1, -0.05) is 48.5 Å². The number of hydrogen-bond acceptors (Lipinski definition) is 3. The van der Waals surface area contributed by atoms with E-state index in [0.29, 0.717) is 48.5 Å². The first-order valence-corrected chi connectivity index (χ1v) is 28.3. The molecule has 0 atom stereocenters. The normalized spacial score (nSPS) is 13.0. The number of nitrogens with zero attached hydrogens (tertiary/aromatic N) is 5. The van der Waals surface area contributed by atoms with Crippen LogP contribution in [0.15, 0.2) is 176 Å². The Bertz CT molecular complexity index is 4810. The summed E-state index contributed by atoms with van der Waals surface area (Å²) in [6.45, 7) is 0. The minimum absolute atomic E-state index is 0.0727. The van der Waals surface area contributed by atoms with E-state index in [-0.39, 0.29) is 84.6 Å². The molecule has 0 radical (unpaired) electrons. The van der Waals surface area contributed by atoms with Crippen molar-refractivity contribution in [1.29, 1.82) is 15.8 Å². The summed E-state index contributed by atoms with van der Waals surface area (Å²) in [6.07, 6.45) is -43.6. The number of hydrogen-bond donors (Lipinski definition) is 0. The molecule has 0 bridgehead atoms. The maximum Gasteiger partial charge on any atom is 0.416 e. The minimum Gasteiger partial charge on any atom is -0.308 e. The highest BCUT2D eigenvalue weighted by Crippen LogP contribution is 2.50. The number of rotatable bonds is 7. The third kappa shape index (κ3) is 12.8. The van der Waals surface area contributed by atoms with Crippen molar-refractivity contribution in [1.82, 2.24) is 9.13 Å². The van der Waals surface area contributed by atoms with Gasteiger partial charge >= 0.3 is 49.4 Å². The molecule has 2 heterocycles. The van der Waals surface area contributed by atoms with Crippen molar-refractivity contribution >= 4 is 43.6 Å². The van der Waals surface area contributed by atoms with Gasteiger partial charge in [0.2, 0.25) is 0 Å². The Kier molecular flexibility index (Phi) is 16.0. The van der Waals surface area contributed by atoms with Crippen molar-refractivity contribution in [2.24, 2.45) is 0 Å². The van der Waals surface area contributed by atoms with Gasteiger partial charge in [0.15, 0.2) is 0 Å². The van der Waals surface area contributed by atoms with E-state index >= 15 is 0 Å². The summed E-state index contributed by atoms with van der Waals surface area (Å²) in [4.78, 5) is 0. The number of fused-ring (bicyclic) bond motifs is 6. The van der Waals surface area contributed by atoms with E-state index < -0.39 is 161 Å². The van der Waals surface area contributed by atoms with E-state index in [4.69, 9.17) is 0 Å². The first-order chi connectivity index (χ1) is 46.4. The molecule has 12 rings (SSSR count). The molecule has 10 aromatic carbocycles. The molecule has 0 unspecified atom stereocenters. The van der Waals surface area contributed by atoms with Crippen LogP contribution >= 0.6 is 0 Å². The Balaban J connectivity index is 1.29. The lowest BCUT2D eigenvalue weighted by molar-refractivity contribution is -0.144. The molecular formula is C71H29F24N5. The molecule has 0 aliphatic carbocycles. The Hall–Kier alpha value is -11.4. The number of aromatic nitrogens is 2. The quantitative estimate of drug-likeness (QED) is 0.149. The van der Waals surface area contributed by atoms with Crippen LogP contribution < -0.4 is 0 Å². The predicted molar refractivity (Wildman–Crippen MR) is 316 cm³/mol. The van der Waals surface area contributed by atoms with Gasteiger partial charge in [0.25, 0.3) is 0 Å². The van der Waals surface area contributed by atoms with Crippen LogP contribution in [-0.4, -0.2) is 9.13 Å². The second-order valence-electron chi connectivity index (χ2n) is 22.8. The molecule has 0 aliphatic heterocycles. The summed E-state index contributed by atoms with van der Waals surface area (Å²) in [5.41, 5.74) is -23.9. The number of benzene rings is 10. The largest absolute Gasteiger partial charge is 0.416 e. The highest BCUT2D eigenvalue weighted by molar-refractivity contribution is 6.14. The van der Waals surface area contributed by atoms with Gasteiger partial charge in [0.05, 0.1) is 113 Å². The van der Waals surface area contributed by atoms with Gasteiger partial charge < -0.3 is 9.13 Å². The fourth-order valence-electron chi connectivity index (χ4n) is 12.0. The second-order valence-corrected chi connectivity index (χ2v) is 22.8. The van der Waals surface area contributed by atoms with Gasteiger partial charge in [-0.3, -0.25) is 0 Å². The van der Waals surface area contributed by atoms with Crippen molar-refractivity contribution in [2.45, 2.75) is 49.4 Å². The maximum atomic E-state index is 14.5.